The smallest absolute Gasteiger partial charge is 0.325 e. The van der Waals surface area contributed by atoms with E-state index in [0.717, 1.165) is 102 Å². The Labute approximate surface area is 443 Å². The summed E-state index contributed by atoms with van der Waals surface area (Å²) >= 11 is 1.43. The van der Waals surface area contributed by atoms with Crippen molar-refractivity contribution in [2.75, 3.05) is 84.3 Å². The monoisotopic (exact) mass is 1050 g/mol. The molecule has 13 rings (SSSR count). The van der Waals surface area contributed by atoms with Crippen LogP contribution in [0.15, 0.2) is 35.8 Å². The van der Waals surface area contributed by atoms with Gasteiger partial charge in [0.2, 0.25) is 0 Å². The van der Waals surface area contributed by atoms with Crippen molar-refractivity contribution in [3.8, 4) is 22.5 Å². The van der Waals surface area contributed by atoms with E-state index in [9.17, 15) is 9.59 Å². The molecule has 3 aromatic heterocycles. The van der Waals surface area contributed by atoms with E-state index in [1.165, 1.54) is 24.2 Å². The molecule has 2 N–H and O–H groups in total. The van der Waals surface area contributed by atoms with E-state index in [-0.39, 0.29) is 55.3 Å². The average Bonchev–Trinajstić information content (AvgIpc) is 3.87. The molecule has 17 nitrogen and oxygen atoms in total. The van der Waals surface area contributed by atoms with Crippen LogP contribution in [0.2, 0.25) is 0 Å². The van der Waals surface area contributed by atoms with Gasteiger partial charge < -0.3 is 38.6 Å². The standard InChI is InChI=1S/C56H75FN10O7S/c1-33-10-15-65(33)55(70)60-49-51(64-14-11-37(57)30-64)52-59-45(31-75-52)35-6-9-46-42(26-35)44(28-56(3,4)32-74-54(69)48-36-24-39(25-36)67(61-48)53(49)68)50(66(46)20-23-73-41-12-21-72-22-13-41)43-27-40(29-58-47(43)34(2)71-5)63-18-16-62(17-19-63)38-7-8-38/h6,9,26-27,29,31,33-34,36-39,41,48-49,51,61H,7-8,10-25,28,30,32H2,1-5H3,(H,60,70)/t33-,34+,36?,37+,39?,48+,49+,51+/m1/s1. The lowest BCUT2D eigenvalue weighted by Gasteiger charge is -2.53. The highest BCUT2D eigenvalue weighted by atomic mass is 32.1. The van der Waals surface area contributed by atoms with Gasteiger partial charge in [-0.3, -0.25) is 29.4 Å². The summed E-state index contributed by atoms with van der Waals surface area (Å²) in [6.07, 6.45) is 7.98. The number of aromatic nitrogens is 3. The highest BCUT2D eigenvalue weighted by molar-refractivity contribution is 7.10. The first kappa shape index (κ1) is 51.0. The number of hydrogen-bond acceptors (Lipinski definition) is 14. The first-order chi connectivity index (χ1) is 36.3. The fourth-order valence-electron chi connectivity index (χ4n) is 12.9. The Morgan fingerprint density at radius 3 is 2.51 bits per heavy atom. The predicted molar refractivity (Wildman–Crippen MR) is 284 cm³/mol. The molecule has 4 aromatic rings. The van der Waals surface area contributed by atoms with Crippen LogP contribution in [0.3, 0.4) is 0 Å². The molecule has 6 saturated heterocycles. The molecule has 404 valence electrons. The number of hydrazine groups is 1. The topological polar surface area (TPSA) is 159 Å². The first-order valence-corrected chi connectivity index (χ1v) is 28.7. The van der Waals surface area contributed by atoms with Crippen molar-refractivity contribution >= 4 is 45.8 Å². The van der Waals surface area contributed by atoms with Crippen molar-refractivity contribution in [1.82, 2.24) is 45.0 Å². The van der Waals surface area contributed by atoms with Gasteiger partial charge in [0.05, 0.1) is 60.4 Å². The number of thiazole rings is 1. The molecule has 0 unspecified atom stereocenters. The van der Waals surface area contributed by atoms with Crippen LogP contribution in [-0.4, -0.2) is 174 Å². The Morgan fingerprint density at radius 2 is 1.80 bits per heavy atom. The summed E-state index contributed by atoms with van der Waals surface area (Å²) in [5, 5.41) is 8.41. The van der Waals surface area contributed by atoms with Gasteiger partial charge in [0, 0.05) is 124 Å². The second-order valence-electron chi connectivity index (χ2n) is 23.5. The minimum Gasteiger partial charge on any atom is -0.464 e. The number of anilines is 1. The van der Waals surface area contributed by atoms with Gasteiger partial charge in [0.1, 0.15) is 23.3 Å². The number of benzene rings is 1. The van der Waals surface area contributed by atoms with Crippen LogP contribution in [0.5, 0.6) is 0 Å². The van der Waals surface area contributed by atoms with E-state index in [2.05, 4.69) is 70.1 Å². The third-order valence-electron chi connectivity index (χ3n) is 17.7. The fourth-order valence-corrected chi connectivity index (χ4v) is 13.9. The lowest BCUT2D eigenvalue weighted by Crippen LogP contribution is -2.72. The molecule has 1 aromatic carbocycles. The van der Waals surface area contributed by atoms with E-state index in [0.29, 0.717) is 70.1 Å². The van der Waals surface area contributed by atoms with Crippen molar-refractivity contribution in [2.24, 2.45) is 11.3 Å². The highest BCUT2D eigenvalue weighted by Crippen LogP contribution is 2.45. The van der Waals surface area contributed by atoms with Crippen LogP contribution in [0, 0.1) is 11.3 Å². The molecule has 0 spiro atoms. The predicted octanol–water partition coefficient (Wildman–Crippen LogP) is 6.89. The third kappa shape index (κ3) is 10.1. The van der Waals surface area contributed by atoms with E-state index < -0.39 is 35.7 Å². The van der Waals surface area contributed by atoms with Gasteiger partial charge >= 0.3 is 12.0 Å². The van der Waals surface area contributed by atoms with Crippen molar-refractivity contribution in [2.45, 2.75) is 147 Å². The Hall–Kier alpha value is -4.76. The SMILES string of the molecule is CO[C@@H](C)c1ncc(N2CCN(C3CC3)CC2)cc1-c1c2c3cc(ccc3n1CCOC1CCOCC1)-c1csc(n1)[C@@H](N1CC[C@H](F)C1)[C@H](NC(=O)N1CC[C@H]1C)C(=O)N1N[C@H](C(=O)OCC(C)(C)C2)C2CC1C2. The average molecular weight is 1050 g/mol. The molecule has 7 aliphatic heterocycles. The largest absolute Gasteiger partial charge is 0.464 e. The van der Waals surface area contributed by atoms with Crippen LogP contribution in [0.25, 0.3) is 33.4 Å². The number of fused-ring (bicyclic) bond motifs is 4. The van der Waals surface area contributed by atoms with E-state index in [1.54, 1.807) is 17.0 Å². The fraction of sp³-hybridized carbons (Fsp3) is 0.661. The van der Waals surface area contributed by atoms with Crippen LogP contribution in [-0.2, 0) is 41.5 Å². The first-order valence-electron chi connectivity index (χ1n) is 27.8. The second-order valence-corrected chi connectivity index (χ2v) is 24.3. The van der Waals surface area contributed by atoms with Crippen LogP contribution in [0.4, 0.5) is 14.9 Å². The molecule has 6 atom stereocenters. The van der Waals surface area contributed by atoms with Crippen LogP contribution >= 0.6 is 11.3 Å². The number of carbonyl (C=O) groups is 3. The number of pyridine rings is 1. The molecule has 3 amide bonds. The van der Waals surface area contributed by atoms with Gasteiger partial charge in [-0.1, -0.05) is 19.9 Å². The lowest BCUT2D eigenvalue weighted by atomic mass is 9.73. The number of carbonyl (C=O) groups excluding carboxylic acids is 3. The number of piperazine rings is 1. The molecular formula is C56H75FN10O7S. The molecule has 75 heavy (non-hydrogen) atoms. The Morgan fingerprint density at radius 1 is 1.00 bits per heavy atom. The minimum atomic E-state index is -1.13. The Balaban J connectivity index is 1.01. The number of amides is 3. The zero-order valence-electron chi connectivity index (χ0n) is 44.3. The number of esters is 1. The van der Waals surface area contributed by atoms with E-state index in [1.807, 2.05) is 23.4 Å². The van der Waals surface area contributed by atoms with Gasteiger partial charge in [-0.25, -0.2) is 19.6 Å². The normalized spacial score (nSPS) is 29.2. The minimum absolute atomic E-state index is 0.0116. The molecule has 19 heteroatoms. The van der Waals surface area contributed by atoms with Crippen LogP contribution in [0.1, 0.15) is 107 Å². The van der Waals surface area contributed by atoms with Gasteiger partial charge in [-0.05, 0) is 101 Å². The molecular weight excluding hydrogens is 976 g/mol. The number of halogens is 1. The number of urea groups is 1. The molecule has 2 saturated carbocycles. The number of ether oxygens (including phenoxy) is 4. The summed E-state index contributed by atoms with van der Waals surface area (Å²) in [6.45, 7) is 15.9. The molecule has 9 aliphatic rings. The molecule has 8 fully saturated rings. The summed E-state index contributed by atoms with van der Waals surface area (Å²) in [5.74, 6) is -0.793. The van der Waals surface area contributed by atoms with Crippen molar-refractivity contribution < 1.29 is 37.7 Å². The number of methoxy groups -OCH3 is 1. The van der Waals surface area contributed by atoms with Gasteiger partial charge in [-0.15, -0.1) is 11.3 Å². The number of rotatable bonds is 11. The summed E-state index contributed by atoms with van der Waals surface area (Å²) in [7, 11) is 1.73. The van der Waals surface area contributed by atoms with Crippen LogP contribution < -0.4 is 15.6 Å². The summed E-state index contributed by atoms with van der Waals surface area (Å²) in [5.41, 5.74) is 10.4. The zero-order chi connectivity index (χ0) is 51.7. The van der Waals surface area contributed by atoms with E-state index >= 15 is 9.18 Å². The molecule has 10 heterocycles. The maximum atomic E-state index is 15.4. The van der Waals surface area contributed by atoms with E-state index in [4.69, 9.17) is 28.9 Å². The summed E-state index contributed by atoms with van der Waals surface area (Å²) in [6, 6.07) is 6.41. The number of cyclic esters (lactones) is 1. The molecule has 8 bridgehead atoms. The Kier molecular flexibility index (Phi) is 14.2. The van der Waals surface area contributed by atoms with Crippen molar-refractivity contribution in [1.29, 1.82) is 0 Å². The highest BCUT2D eigenvalue weighted by Gasteiger charge is 2.53. The number of alkyl halides is 1. The summed E-state index contributed by atoms with van der Waals surface area (Å²) in [4.78, 5) is 63.4. The molecule has 2 aliphatic carbocycles. The third-order valence-corrected chi connectivity index (χ3v) is 18.6. The number of likely N-dealkylation sites (tertiary alicyclic amines) is 2. The summed E-state index contributed by atoms with van der Waals surface area (Å²) < 4.78 is 42.7. The number of nitrogens with zero attached hydrogens (tertiary/aromatic N) is 8. The number of hydrogen-bond donors (Lipinski definition) is 2. The van der Waals surface area contributed by atoms with Gasteiger partial charge in [0.25, 0.3) is 5.91 Å². The van der Waals surface area contributed by atoms with Gasteiger partial charge in [0.15, 0.2) is 0 Å². The van der Waals surface area contributed by atoms with Crippen molar-refractivity contribution in [3.05, 3.63) is 52.1 Å². The zero-order valence-corrected chi connectivity index (χ0v) is 45.1. The number of nitrogens with one attached hydrogen (secondary N) is 2. The maximum absolute atomic E-state index is 15.4. The van der Waals surface area contributed by atoms with Gasteiger partial charge in [-0.2, -0.15) is 0 Å². The lowest BCUT2D eigenvalue weighted by molar-refractivity contribution is -0.171. The van der Waals surface area contributed by atoms with Crippen molar-refractivity contribution in [3.63, 3.8) is 0 Å². The second kappa shape index (κ2) is 20.9. The maximum Gasteiger partial charge on any atom is 0.325 e. The molecule has 0 radical (unpaired) electrons. The quantitative estimate of drug-likeness (QED) is 0.150. The Bertz CT molecular complexity index is 2770.